The minimum absolute atomic E-state index is 0.00988. The van der Waals surface area contributed by atoms with Crippen molar-refractivity contribution in [2.45, 2.75) is 32.1 Å². The first-order valence-electron chi connectivity index (χ1n) is 7.08. The number of rotatable bonds is 6. The van der Waals surface area contributed by atoms with E-state index >= 15 is 0 Å². The number of carbonyl (C=O) groups excluding carboxylic acids is 1. The van der Waals surface area contributed by atoms with E-state index in [-0.39, 0.29) is 29.5 Å². The second-order valence-electron chi connectivity index (χ2n) is 5.22. The number of amides is 1. The summed E-state index contributed by atoms with van der Waals surface area (Å²) in [7, 11) is -3.74. The lowest BCUT2D eigenvalue weighted by Crippen LogP contribution is -2.28. The van der Waals surface area contributed by atoms with Crippen LogP contribution < -0.4 is 10.0 Å². The molecular weight excluding hydrogens is 318 g/mol. The van der Waals surface area contributed by atoms with Crippen molar-refractivity contribution in [3.8, 4) is 0 Å². The van der Waals surface area contributed by atoms with Gasteiger partial charge >= 0.3 is 0 Å². The maximum absolute atomic E-state index is 12.2. The highest BCUT2D eigenvalue weighted by Gasteiger charge is 2.23. The Labute approximate surface area is 135 Å². The summed E-state index contributed by atoms with van der Waals surface area (Å²) < 4.78 is 31.6. The Hall–Kier alpha value is -2.19. The van der Waals surface area contributed by atoms with Gasteiger partial charge in [-0.05, 0) is 38.5 Å². The summed E-state index contributed by atoms with van der Waals surface area (Å²) in [5.74, 6) is -0.0451. The molecule has 0 radical (unpaired) electrons. The number of sulfonamides is 1. The first-order chi connectivity index (χ1) is 10.8. The molecule has 0 aliphatic heterocycles. The van der Waals surface area contributed by atoms with E-state index in [0.717, 1.165) is 5.56 Å². The van der Waals surface area contributed by atoms with Gasteiger partial charge in [0.1, 0.15) is 10.6 Å². The molecule has 0 atom stereocenters. The number of hydrogen-bond donors (Lipinski definition) is 2. The fourth-order valence-corrected chi connectivity index (χ4v) is 3.53. The van der Waals surface area contributed by atoms with E-state index in [1.165, 1.54) is 6.92 Å². The van der Waals surface area contributed by atoms with Crippen LogP contribution in [0.15, 0.2) is 33.7 Å². The molecule has 0 aliphatic rings. The maximum Gasteiger partial charge on any atom is 0.245 e. The highest BCUT2D eigenvalue weighted by Crippen LogP contribution is 2.18. The number of benzene rings is 1. The third-order valence-corrected chi connectivity index (χ3v) is 4.89. The summed E-state index contributed by atoms with van der Waals surface area (Å²) in [4.78, 5) is 11.9. The summed E-state index contributed by atoms with van der Waals surface area (Å²) in [6.45, 7) is 4.99. The quantitative estimate of drug-likeness (QED) is 0.838. The molecule has 2 rings (SSSR count). The molecule has 23 heavy (non-hydrogen) atoms. The number of nitrogens with one attached hydrogen (secondary N) is 2. The van der Waals surface area contributed by atoms with Gasteiger partial charge in [0.15, 0.2) is 5.76 Å². The molecule has 8 heteroatoms. The zero-order chi connectivity index (χ0) is 17.0. The summed E-state index contributed by atoms with van der Waals surface area (Å²) in [5.41, 5.74) is 2.00. The van der Waals surface area contributed by atoms with Crippen LogP contribution in [0.5, 0.6) is 0 Å². The normalized spacial score (nSPS) is 11.4. The molecule has 7 nitrogen and oxygen atoms in total. The number of aromatic nitrogens is 1. The largest absolute Gasteiger partial charge is 0.360 e. The van der Waals surface area contributed by atoms with Gasteiger partial charge in [-0.15, -0.1) is 0 Å². The van der Waals surface area contributed by atoms with Crippen LogP contribution in [0.4, 0.5) is 5.69 Å². The van der Waals surface area contributed by atoms with E-state index in [1.807, 2.05) is 25.1 Å². The van der Waals surface area contributed by atoms with Crippen molar-refractivity contribution < 1.29 is 17.7 Å². The summed E-state index contributed by atoms with van der Waals surface area (Å²) in [5, 5.41) is 6.34. The molecule has 1 aromatic heterocycles. The van der Waals surface area contributed by atoms with Crippen molar-refractivity contribution in [3.63, 3.8) is 0 Å². The molecule has 124 valence electrons. The Bertz CT molecular complexity index is 792. The van der Waals surface area contributed by atoms with Crippen LogP contribution in [0.3, 0.4) is 0 Å². The summed E-state index contributed by atoms with van der Waals surface area (Å²) >= 11 is 0. The summed E-state index contributed by atoms with van der Waals surface area (Å²) in [6, 6.07) is 7.38. The Morgan fingerprint density at radius 2 is 2.00 bits per heavy atom. The standard InChI is InChI=1S/C15H19N3O4S/c1-10-5-4-6-13(9-10)17-14(19)7-8-16-23(20,21)15-11(2)18-22-12(15)3/h4-6,9,16H,7-8H2,1-3H3,(H,17,19). The van der Waals surface area contributed by atoms with Gasteiger partial charge in [0.05, 0.1) is 0 Å². The summed E-state index contributed by atoms with van der Waals surface area (Å²) in [6.07, 6.45) is 0.0244. The van der Waals surface area contributed by atoms with E-state index < -0.39 is 10.0 Å². The monoisotopic (exact) mass is 337 g/mol. The highest BCUT2D eigenvalue weighted by molar-refractivity contribution is 7.89. The zero-order valence-electron chi connectivity index (χ0n) is 13.2. The molecule has 0 unspecified atom stereocenters. The van der Waals surface area contributed by atoms with Crippen LogP contribution in [0.25, 0.3) is 0 Å². The lowest BCUT2D eigenvalue weighted by atomic mass is 10.2. The second-order valence-corrected chi connectivity index (χ2v) is 6.92. The smallest absolute Gasteiger partial charge is 0.245 e. The highest BCUT2D eigenvalue weighted by atomic mass is 32.2. The first-order valence-corrected chi connectivity index (χ1v) is 8.57. The van der Waals surface area contributed by atoms with Crippen molar-refractivity contribution in [2.24, 2.45) is 0 Å². The lowest BCUT2D eigenvalue weighted by Gasteiger charge is -2.08. The van der Waals surface area contributed by atoms with Gasteiger partial charge in [0.25, 0.3) is 0 Å². The topological polar surface area (TPSA) is 101 Å². The van der Waals surface area contributed by atoms with Gasteiger partial charge in [-0.25, -0.2) is 13.1 Å². The SMILES string of the molecule is Cc1cccc(NC(=O)CCNS(=O)(=O)c2c(C)noc2C)c1. The molecule has 0 fully saturated rings. The molecule has 1 aromatic carbocycles. The van der Waals surface area contributed by atoms with Crippen LogP contribution in [0, 0.1) is 20.8 Å². The van der Waals surface area contributed by atoms with E-state index in [9.17, 15) is 13.2 Å². The number of anilines is 1. The number of aryl methyl sites for hydroxylation is 3. The fourth-order valence-electron chi connectivity index (χ4n) is 2.18. The molecule has 1 amide bonds. The van der Waals surface area contributed by atoms with E-state index in [0.29, 0.717) is 11.4 Å². The molecule has 0 saturated heterocycles. The Balaban J connectivity index is 1.90. The van der Waals surface area contributed by atoms with Crippen molar-refractivity contribution in [1.29, 1.82) is 0 Å². The van der Waals surface area contributed by atoms with Crippen molar-refractivity contribution >= 4 is 21.6 Å². The number of carbonyl (C=O) groups is 1. The Morgan fingerprint density at radius 3 is 2.61 bits per heavy atom. The van der Waals surface area contributed by atoms with Gasteiger partial charge < -0.3 is 9.84 Å². The molecule has 2 N–H and O–H groups in total. The van der Waals surface area contributed by atoms with E-state index in [4.69, 9.17) is 4.52 Å². The van der Waals surface area contributed by atoms with Gasteiger partial charge in [-0.2, -0.15) is 0 Å². The Kier molecular flexibility index (Phi) is 5.17. The van der Waals surface area contributed by atoms with Gasteiger partial charge in [0, 0.05) is 18.7 Å². The molecule has 0 saturated carbocycles. The van der Waals surface area contributed by atoms with Crippen molar-refractivity contribution in [3.05, 3.63) is 41.3 Å². The van der Waals surface area contributed by atoms with Crippen LogP contribution in [0.1, 0.15) is 23.4 Å². The number of nitrogens with zero attached hydrogens (tertiary/aromatic N) is 1. The van der Waals surface area contributed by atoms with E-state index in [1.54, 1.807) is 13.0 Å². The molecule has 2 aromatic rings. The van der Waals surface area contributed by atoms with Crippen LogP contribution in [0.2, 0.25) is 0 Å². The average Bonchev–Trinajstić information content (AvgIpc) is 2.78. The van der Waals surface area contributed by atoms with Gasteiger partial charge in [0.2, 0.25) is 15.9 Å². The molecule has 0 spiro atoms. The first kappa shape index (κ1) is 17.2. The zero-order valence-corrected chi connectivity index (χ0v) is 14.0. The van der Waals surface area contributed by atoms with Crippen LogP contribution in [-0.4, -0.2) is 26.0 Å². The predicted molar refractivity (Wildman–Crippen MR) is 85.6 cm³/mol. The molecule has 0 bridgehead atoms. The minimum Gasteiger partial charge on any atom is -0.360 e. The lowest BCUT2D eigenvalue weighted by molar-refractivity contribution is -0.116. The van der Waals surface area contributed by atoms with Gasteiger partial charge in [-0.1, -0.05) is 17.3 Å². The fraction of sp³-hybridized carbons (Fsp3) is 0.333. The van der Waals surface area contributed by atoms with Crippen LogP contribution >= 0.6 is 0 Å². The second kappa shape index (κ2) is 6.93. The maximum atomic E-state index is 12.2. The predicted octanol–water partition coefficient (Wildman–Crippen LogP) is 1.91. The van der Waals surface area contributed by atoms with E-state index in [2.05, 4.69) is 15.2 Å². The van der Waals surface area contributed by atoms with Crippen molar-refractivity contribution in [2.75, 3.05) is 11.9 Å². The Morgan fingerprint density at radius 1 is 1.26 bits per heavy atom. The van der Waals surface area contributed by atoms with Crippen LogP contribution in [-0.2, 0) is 14.8 Å². The molecular formula is C15H19N3O4S. The average molecular weight is 337 g/mol. The van der Waals surface area contributed by atoms with Gasteiger partial charge in [-0.3, -0.25) is 4.79 Å². The third-order valence-electron chi connectivity index (χ3n) is 3.18. The molecule has 0 aliphatic carbocycles. The minimum atomic E-state index is -3.74. The van der Waals surface area contributed by atoms with Crippen molar-refractivity contribution in [1.82, 2.24) is 9.88 Å². The third kappa shape index (κ3) is 4.40. The number of hydrogen-bond acceptors (Lipinski definition) is 5. The molecule has 1 heterocycles.